The fourth-order valence-electron chi connectivity index (χ4n) is 5.98. The predicted octanol–water partition coefficient (Wildman–Crippen LogP) is 4.22. The van der Waals surface area contributed by atoms with Crippen LogP contribution in [0.2, 0.25) is 0 Å². The summed E-state index contributed by atoms with van der Waals surface area (Å²) in [6, 6.07) is 20.3. The lowest BCUT2D eigenvalue weighted by atomic mass is 9.87. The number of amides is 2. The summed E-state index contributed by atoms with van der Waals surface area (Å²) in [4.78, 5) is 24.7. The van der Waals surface area contributed by atoms with Gasteiger partial charge in [0.15, 0.2) is 17.6 Å². The monoisotopic (exact) mass is 771 g/mol. The molecule has 54 heavy (non-hydrogen) atoms. The summed E-state index contributed by atoms with van der Waals surface area (Å²) in [5, 5.41) is 17.0. The van der Waals surface area contributed by atoms with Crippen LogP contribution in [-0.2, 0) is 42.0 Å². The van der Waals surface area contributed by atoms with Crippen molar-refractivity contribution >= 4 is 22.2 Å². The van der Waals surface area contributed by atoms with Crippen molar-refractivity contribution in [3.8, 4) is 17.2 Å². The van der Waals surface area contributed by atoms with Crippen LogP contribution in [0.3, 0.4) is 0 Å². The highest BCUT2D eigenvalue weighted by Crippen LogP contribution is 2.36. The molecule has 0 saturated carbocycles. The van der Waals surface area contributed by atoms with Crippen molar-refractivity contribution in [1.29, 1.82) is 0 Å². The van der Waals surface area contributed by atoms with E-state index >= 15 is 0 Å². The molecule has 0 aliphatic carbocycles. The first kappa shape index (κ1) is 40.6. The van der Waals surface area contributed by atoms with E-state index in [1.165, 1.54) is 29.6 Å². The van der Waals surface area contributed by atoms with Gasteiger partial charge in [0.1, 0.15) is 19.1 Å². The molecule has 3 aromatic carbocycles. The summed E-state index contributed by atoms with van der Waals surface area (Å²) in [6.07, 6.45) is -2.34. The number of sulfonamides is 1. The molecule has 2 atom stereocenters. The van der Waals surface area contributed by atoms with Gasteiger partial charge in [0.05, 0.1) is 36.9 Å². The predicted molar refractivity (Wildman–Crippen MR) is 196 cm³/mol. The molecule has 0 bridgehead atoms. The minimum absolute atomic E-state index is 0.0117. The summed E-state index contributed by atoms with van der Waals surface area (Å²) in [7, 11) is -2.78. The summed E-state index contributed by atoms with van der Waals surface area (Å²) in [5.74, 6) is 1.34. The van der Waals surface area contributed by atoms with Gasteiger partial charge >= 0.3 is 12.2 Å². The average Bonchev–Trinajstić information content (AvgIpc) is 3.65. The Labute approximate surface area is 315 Å². The highest BCUT2D eigenvalue weighted by atomic mass is 32.2. The Morgan fingerprint density at radius 3 is 2.39 bits per heavy atom. The Morgan fingerprint density at radius 2 is 1.67 bits per heavy atom. The van der Waals surface area contributed by atoms with Crippen molar-refractivity contribution < 1.29 is 56.3 Å². The van der Waals surface area contributed by atoms with Crippen LogP contribution in [0.4, 0.5) is 9.59 Å². The van der Waals surface area contributed by atoms with Crippen molar-refractivity contribution in [3.05, 3.63) is 83.9 Å². The number of hydrogen-bond donors (Lipinski definition) is 3. The molecular formula is C38H49N3O12S. The average molecular weight is 772 g/mol. The lowest BCUT2D eigenvalue weighted by Crippen LogP contribution is -2.52. The number of aliphatic hydroxyl groups is 1. The van der Waals surface area contributed by atoms with Gasteiger partial charge in [-0.05, 0) is 60.1 Å². The summed E-state index contributed by atoms with van der Waals surface area (Å²) >= 11 is 0. The number of carbonyl (C=O) groups is 2. The van der Waals surface area contributed by atoms with Crippen LogP contribution < -0.4 is 24.8 Å². The maximum Gasteiger partial charge on any atom is 0.407 e. The highest BCUT2D eigenvalue weighted by Gasteiger charge is 2.36. The van der Waals surface area contributed by atoms with E-state index in [1.54, 1.807) is 12.1 Å². The molecule has 0 spiro atoms. The van der Waals surface area contributed by atoms with E-state index in [4.69, 9.17) is 33.2 Å². The molecule has 294 valence electrons. The number of hydrogen-bond acceptors (Lipinski definition) is 12. The number of ether oxygens (including phenoxy) is 7. The van der Waals surface area contributed by atoms with Gasteiger partial charge in [0, 0.05) is 26.2 Å². The van der Waals surface area contributed by atoms with E-state index < -0.39 is 45.9 Å². The van der Waals surface area contributed by atoms with E-state index in [2.05, 4.69) is 10.6 Å². The van der Waals surface area contributed by atoms with Crippen LogP contribution >= 0.6 is 0 Å². The molecule has 15 nitrogen and oxygen atoms in total. The van der Waals surface area contributed by atoms with E-state index in [0.29, 0.717) is 30.9 Å². The second-order valence-electron chi connectivity index (χ2n) is 13.8. The molecule has 1 fully saturated rings. The third kappa shape index (κ3) is 11.9. The zero-order valence-corrected chi connectivity index (χ0v) is 31.5. The first-order valence-corrected chi connectivity index (χ1v) is 19.2. The number of rotatable bonds is 18. The normalized spacial score (nSPS) is 15.6. The van der Waals surface area contributed by atoms with Gasteiger partial charge in [0.2, 0.25) is 16.8 Å². The number of alkyl carbamates (subject to hydrolysis) is 2. The van der Waals surface area contributed by atoms with Gasteiger partial charge in [0.25, 0.3) is 0 Å². The molecule has 2 unspecified atom stereocenters. The van der Waals surface area contributed by atoms with Gasteiger partial charge in [-0.3, -0.25) is 0 Å². The van der Waals surface area contributed by atoms with Gasteiger partial charge in [-0.15, -0.1) is 0 Å². The lowest BCUT2D eigenvalue weighted by molar-refractivity contribution is -0.151. The van der Waals surface area contributed by atoms with Crippen LogP contribution in [0, 0.1) is 5.41 Å². The molecule has 5 rings (SSSR count). The first-order chi connectivity index (χ1) is 25.9. The van der Waals surface area contributed by atoms with Crippen molar-refractivity contribution in [2.45, 2.75) is 62.9 Å². The summed E-state index contributed by atoms with van der Waals surface area (Å²) in [5.41, 5.74) is 1.13. The number of benzene rings is 3. The van der Waals surface area contributed by atoms with Crippen LogP contribution in [0.1, 0.15) is 37.8 Å². The Morgan fingerprint density at radius 1 is 0.944 bits per heavy atom. The largest absolute Gasteiger partial charge is 0.489 e. The summed E-state index contributed by atoms with van der Waals surface area (Å²) in [6.45, 7) is 4.28. The number of fused-ring (bicyclic) bond motifs is 1. The van der Waals surface area contributed by atoms with E-state index in [1.807, 2.05) is 56.3 Å². The van der Waals surface area contributed by atoms with Crippen LogP contribution in [0.25, 0.3) is 0 Å². The zero-order chi connectivity index (χ0) is 38.6. The van der Waals surface area contributed by atoms with Gasteiger partial charge in [-0.1, -0.05) is 56.3 Å². The smallest absolute Gasteiger partial charge is 0.407 e. The van der Waals surface area contributed by atoms with Crippen molar-refractivity contribution in [2.75, 3.05) is 53.5 Å². The van der Waals surface area contributed by atoms with Gasteiger partial charge in [-0.25, -0.2) is 18.0 Å². The molecule has 0 aromatic heterocycles. The summed E-state index contributed by atoms with van der Waals surface area (Å²) < 4.78 is 67.8. The molecule has 1 saturated heterocycles. The highest BCUT2D eigenvalue weighted by molar-refractivity contribution is 7.89. The Kier molecular flexibility index (Phi) is 14.4. The second-order valence-corrected chi connectivity index (χ2v) is 15.7. The maximum atomic E-state index is 14.4. The minimum Gasteiger partial charge on any atom is -0.489 e. The first-order valence-electron chi connectivity index (χ1n) is 17.7. The molecule has 3 N–H and O–H groups in total. The number of aliphatic hydroxyl groups excluding tert-OH is 1. The number of nitrogens with one attached hydrogen (secondary N) is 2. The van der Waals surface area contributed by atoms with Crippen LogP contribution in [0.15, 0.2) is 77.7 Å². The Bertz CT molecular complexity index is 1770. The molecule has 2 heterocycles. The third-order valence-corrected chi connectivity index (χ3v) is 10.7. The topological polar surface area (TPSA) is 180 Å². The SMILES string of the molecule is CNC(=O)OCCCC(C)(C)CN(CC(O)C(Cc1ccc(OCc2ccccc2)cc1)NC(=O)OC1COCOC1)S(=O)(=O)c1ccc2c(c1)OCO2. The Hall–Kier alpha value is -4.61. The quantitative estimate of drug-likeness (QED) is 0.157. The Balaban J connectivity index is 1.35. The molecule has 3 aromatic rings. The maximum absolute atomic E-state index is 14.4. The van der Waals surface area contributed by atoms with Crippen molar-refractivity contribution in [1.82, 2.24) is 14.9 Å². The molecule has 16 heteroatoms. The van der Waals surface area contributed by atoms with Crippen LogP contribution in [-0.4, -0.2) is 102 Å². The second kappa shape index (κ2) is 19.1. The van der Waals surface area contributed by atoms with Gasteiger partial charge in [-0.2, -0.15) is 4.31 Å². The van der Waals surface area contributed by atoms with Crippen LogP contribution in [0.5, 0.6) is 17.2 Å². The van der Waals surface area contributed by atoms with Crippen molar-refractivity contribution in [3.63, 3.8) is 0 Å². The molecule has 2 aliphatic rings. The lowest BCUT2D eigenvalue weighted by Gasteiger charge is -2.35. The number of nitrogens with zero attached hydrogens (tertiary/aromatic N) is 1. The van der Waals surface area contributed by atoms with Gasteiger partial charge < -0.3 is 48.9 Å². The number of carbonyl (C=O) groups excluding carboxylic acids is 2. The molecule has 0 radical (unpaired) electrons. The fourth-order valence-corrected chi connectivity index (χ4v) is 7.65. The van der Waals surface area contributed by atoms with E-state index in [0.717, 1.165) is 11.1 Å². The fraction of sp³-hybridized carbons (Fsp3) is 0.474. The van der Waals surface area contributed by atoms with E-state index in [-0.39, 0.29) is 63.6 Å². The standard InChI is InChI=1S/C38H49N3O12S/c1-38(2,16-7-17-49-36(43)39-3)24-41(54(45,46)31-14-15-34-35(19-31)52-26-51-34)20-33(42)32(40-37(44)53-30-22-47-25-48-23-30)18-27-10-12-29(13-11-27)50-21-28-8-5-4-6-9-28/h4-6,8-15,19,30,32-33,42H,7,16-18,20-26H2,1-3H3,(H,39,43)(H,40,44). The molecular weight excluding hydrogens is 722 g/mol. The van der Waals surface area contributed by atoms with E-state index in [9.17, 15) is 23.1 Å². The van der Waals surface area contributed by atoms with Crippen molar-refractivity contribution in [2.24, 2.45) is 5.41 Å². The molecule has 2 amide bonds. The minimum atomic E-state index is -4.24. The zero-order valence-electron chi connectivity index (χ0n) is 30.7. The third-order valence-electron chi connectivity index (χ3n) is 8.85. The molecule has 2 aliphatic heterocycles.